The van der Waals surface area contributed by atoms with E-state index in [-0.39, 0.29) is 11.9 Å². The molecule has 1 heterocycles. The largest absolute Gasteiger partial charge is 0.489 e. The van der Waals surface area contributed by atoms with Crippen molar-refractivity contribution in [3.05, 3.63) is 66.1 Å². The average molecular weight is 337 g/mol. The molecule has 1 N–H and O–H groups in total. The van der Waals surface area contributed by atoms with Crippen LogP contribution in [0, 0.1) is 0 Å². The van der Waals surface area contributed by atoms with Gasteiger partial charge in [0.05, 0.1) is 0 Å². The van der Waals surface area contributed by atoms with Crippen molar-refractivity contribution in [2.24, 2.45) is 0 Å². The monoisotopic (exact) mass is 337 g/mol. The van der Waals surface area contributed by atoms with Gasteiger partial charge in [0.1, 0.15) is 18.4 Å². The van der Waals surface area contributed by atoms with Gasteiger partial charge in [-0.3, -0.25) is 4.79 Å². The molecule has 2 aromatic carbocycles. The molecule has 0 fully saturated rings. The van der Waals surface area contributed by atoms with E-state index >= 15 is 0 Å². The molecule has 0 spiro atoms. The summed E-state index contributed by atoms with van der Waals surface area (Å²) >= 11 is 0. The van der Waals surface area contributed by atoms with Gasteiger partial charge < -0.3 is 14.6 Å². The highest BCUT2D eigenvalue weighted by molar-refractivity contribution is 5.73. The first kappa shape index (κ1) is 16.7. The van der Waals surface area contributed by atoms with E-state index in [1.807, 2.05) is 54.6 Å². The molecular weight excluding hydrogens is 318 g/mol. The highest BCUT2D eigenvalue weighted by Crippen LogP contribution is 2.22. The maximum absolute atomic E-state index is 11.1. The van der Waals surface area contributed by atoms with Crippen LogP contribution < -0.4 is 10.1 Å². The lowest BCUT2D eigenvalue weighted by molar-refractivity contribution is -0.119. The number of nitrogens with zero attached hydrogens (tertiary/aromatic N) is 2. The molecule has 3 rings (SSSR count). The summed E-state index contributed by atoms with van der Waals surface area (Å²) in [6.07, 6.45) is 0. The maximum Gasteiger partial charge on any atom is 0.249 e. The molecule has 0 aliphatic heterocycles. The van der Waals surface area contributed by atoms with Gasteiger partial charge in [-0.05, 0) is 36.8 Å². The Labute approximate surface area is 145 Å². The number of ether oxygens (including phenoxy) is 1. The molecule has 1 aromatic heterocycles. The van der Waals surface area contributed by atoms with Crippen LogP contribution in [0.15, 0.2) is 59.1 Å². The van der Waals surface area contributed by atoms with Crippen LogP contribution in [0.4, 0.5) is 0 Å². The van der Waals surface area contributed by atoms with E-state index in [0.29, 0.717) is 18.3 Å². The quantitative estimate of drug-likeness (QED) is 0.745. The van der Waals surface area contributed by atoms with Crippen molar-refractivity contribution in [2.45, 2.75) is 26.5 Å². The Balaban J connectivity index is 1.64. The van der Waals surface area contributed by atoms with Gasteiger partial charge in [-0.15, -0.1) is 0 Å². The minimum atomic E-state index is -0.327. The molecule has 0 aliphatic rings. The maximum atomic E-state index is 11.1. The van der Waals surface area contributed by atoms with Gasteiger partial charge in [0.15, 0.2) is 0 Å². The zero-order chi connectivity index (χ0) is 17.6. The number of hydrogen-bond acceptors (Lipinski definition) is 5. The number of aromatic nitrogens is 2. The van der Waals surface area contributed by atoms with Crippen LogP contribution in [0.25, 0.3) is 11.4 Å². The SMILES string of the molecule is CC(=O)NC(C)c1nc(-c2ccc(OCc3ccccc3)cc2)no1. The van der Waals surface area contributed by atoms with Crippen molar-refractivity contribution >= 4 is 5.91 Å². The number of rotatable bonds is 6. The molecule has 1 amide bonds. The van der Waals surface area contributed by atoms with Crippen molar-refractivity contribution in [2.75, 3.05) is 0 Å². The first-order valence-electron chi connectivity index (χ1n) is 7.99. The smallest absolute Gasteiger partial charge is 0.249 e. The minimum absolute atomic E-state index is 0.146. The van der Waals surface area contributed by atoms with Crippen molar-refractivity contribution in [3.8, 4) is 17.1 Å². The summed E-state index contributed by atoms with van der Waals surface area (Å²) in [5, 5.41) is 6.67. The van der Waals surface area contributed by atoms with Gasteiger partial charge in [0.25, 0.3) is 0 Å². The van der Waals surface area contributed by atoms with Crippen LogP contribution in [-0.4, -0.2) is 16.0 Å². The first-order chi connectivity index (χ1) is 12.1. The zero-order valence-electron chi connectivity index (χ0n) is 14.1. The Morgan fingerprint density at radius 2 is 1.88 bits per heavy atom. The van der Waals surface area contributed by atoms with E-state index in [4.69, 9.17) is 9.26 Å². The lowest BCUT2D eigenvalue weighted by Gasteiger charge is -2.06. The van der Waals surface area contributed by atoms with E-state index in [9.17, 15) is 4.79 Å². The third kappa shape index (κ3) is 4.44. The van der Waals surface area contributed by atoms with Crippen LogP contribution >= 0.6 is 0 Å². The molecule has 1 atom stereocenters. The predicted molar refractivity (Wildman–Crippen MR) is 92.7 cm³/mol. The third-order valence-electron chi connectivity index (χ3n) is 3.59. The number of carbonyl (C=O) groups excluding carboxylic acids is 1. The number of benzene rings is 2. The van der Waals surface area contributed by atoms with Gasteiger partial charge in [0.2, 0.25) is 17.6 Å². The summed E-state index contributed by atoms with van der Waals surface area (Å²) in [6, 6.07) is 17.1. The van der Waals surface area contributed by atoms with Crippen molar-refractivity contribution in [1.82, 2.24) is 15.5 Å². The van der Waals surface area contributed by atoms with Crippen LogP contribution in [0.3, 0.4) is 0 Å². The lowest BCUT2D eigenvalue weighted by atomic mass is 10.2. The summed E-state index contributed by atoms with van der Waals surface area (Å²) in [4.78, 5) is 15.4. The van der Waals surface area contributed by atoms with Crippen LogP contribution in [0.5, 0.6) is 5.75 Å². The van der Waals surface area contributed by atoms with Gasteiger partial charge in [-0.2, -0.15) is 4.98 Å². The molecule has 128 valence electrons. The first-order valence-corrected chi connectivity index (χ1v) is 7.99. The van der Waals surface area contributed by atoms with Gasteiger partial charge in [0, 0.05) is 12.5 Å². The molecule has 1 unspecified atom stereocenters. The summed E-state index contributed by atoms with van der Waals surface area (Å²) in [7, 11) is 0. The fraction of sp³-hybridized carbons (Fsp3) is 0.211. The second-order valence-electron chi connectivity index (χ2n) is 5.68. The second-order valence-corrected chi connectivity index (χ2v) is 5.68. The molecule has 6 heteroatoms. The Morgan fingerprint density at radius 3 is 2.56 bits per heavy atom. The van der Waals surface area contributed by atoms with Crippen LogP contribution in [-0.2, 0) is 11.4 Å². The Hall–Kier alpha value is -3.15. The molecule has 0 saturated carbocycles. The minimum Gasteiger partial charge on any atom is -0.489 e. The molecule has 0 aliphatic carbocycles. The molecule has 0 saturated heterocycles. The highest BCUT2D eigenvalue weighted by atomic mass is 16.5. The summed E-state index contributed by atoms with van der Waals surface area (Å²) in [5.74, 6) is 1.46. The van der Waals surface area contributed by atoms with Crippen molar-refractivity contribution in [3.63, 3.8) is 0 Å². The third-order valence-corrected chi connectivity index (χ3v) is 3.59. The molecule has 0 bridgehead atoms. The number of hydrogen-bond donors (Lipinski definition) is 1. The zero-order valence-corrected chi connectivity index (χ0v) is 14.1. The summed E-state index contributed by atoms with van der Waals surface area (Å²) in [5.41, 5.74) is 1.93. The molecular formula is C19H19N3O3. The normalized spacial score (nSPS) is 11.8. The van der Waals surface area contributed by atoms with Gasteiger partial charge >= 0.3 is 0 Å². The van der Waals surface area contributed by atoms with Crippen molar-refractivity contribution in [1.29, 1.82) is 0 Å². The average Bonchev–Trinajstić information content (AvgIpc) is 3.11. The number of amides is 1. The van der Waals surface area contributed by atoms with E-state index in [1.54, 1.807) is 6.92 Å². The lowest BCUT2D eigenvalue weighted by Crippen LogP contribution is -2.23. The Bertz CT molecular complexity index is 829. The topological polar surface area (TPSA) is 77.2 Å². The molecule has 0 radical (unpaired) electrons. The van der Waals surface area contributed by atoms with Gasteiger partial charge in [-0.1, -0.05) is 35.5 Å². The van der Waals surface area contributed by atoms with E-state index in [2.05, 4.69) is 15.5 Å². The fourth-order valence-electron chi connectivity index (χ4n) is 2.34. The molecule has 25 heavy (non-hydrogen) atoms. The van der Waals surface area contributed by atoms with Gasteiger partial charge in [-0.25, -0.2) is 0 Å². The molecule has 6 nitrogen and oxygen atoms in total. The number of nitrogens with one attached hydrogen (secondary N) is 1. The summed E-state index contributed by atoms with van der Waals surface area (Å²) < 4.78 is 11.0. The van der Waals surface area contributed by atoms with Crippen molar-refractivity contribution < 1.29 is 14.1 Å². The van der Waals surface area contributed by atoms with E-state index < -0.39 is 0 Å². The Kier molecular flexibility index (Phi) is 5.09. The second kappa shape index (κ2) is 7.61. The predicted octanol–water partition coefficient (Wildman–Crippen LogP) is 3.51. The fourth-order valence-corrected chi connectivity index (χ4v) is 2.34. The van der Waals surface area contributed by atoms with Crippen LogP contribution in [0.2, 0.25) is 0 Å². The van der Waals surface area contributed by atoms with E-state index in [1.165, 1.54) is 6.92 Å². The number of carbonyl (C=O) groups is 1. The highest BCUT2D eigenvalue weighted by Gasteiger charge is 2.15. The standard InChI is InChI=1S/C19H19N3O3/c1-13(20-14(2)23)19-21-18(22-25-19)16-8-10-17(11-9-16)24-12-15-6-4-3-5-7-15/h3-11,13H,12H2,1-2H3,(H,20,23). The van der Waals surface area contributed by atoms with Crippen LogP contribution in [0.1, 0.15) is 31.3 Å². The summed E-state index contributed by atoms with van der Waals surface area (Å²) in [6.45, 7) is 3.75. The molecule has 3 aromatic rings. The van der Waals surface area contributed by atoms with E-state index in [0.717, 1.165) is 16.9 Å². The Morgan fingerprint density at radius 1 is 1.16 bits per heavy atom.